The van der Waals surface area contributed by atoms with Crippen LogP contribution in [0.3, 0.4) is 0 Å². The monoisotopic (exact) mass is 228 g/mol. The van der Waals surface area contributed by atoms with Gasteiger partial charge in [0.1, 0.15) is 0 Å². The van der Waals surface area contributed by atoms with Gasteiger partial charge in [0.2, 0.25) is 0 Å². The molecule has 0 saturated heterocycles. The lowest BCUT2D eigenvalue weighted by Crippen LogP contribution is -1.80. The van der Waals surface area contributed by atoms with E-state index in [-0.39, 0.29) is 0 Å². The molecule has 0 N–H and O–H groups in total. The summed E-state index contributed by atoms with van der Waals surface area (Å²) >= 11 is 3.95. The van der Waals surface area contributed by atoms with Gasteiger partial charge in [-0.1, -0.05) is 26.2 Å². The molecule has 0 aliphatic heterocycles. The number of thioether (sulfide) groups is 1. The summed E-state index contributed by atoms with van der Waals surface area (Å²) in [5.74, 6) is 1.29. The second-order valence-electron chi connectivity index (χ2n) is 3.69. The molecule has 0 aliphatic carbocycles. The van der Waals surface area contributed by atoms with Gasteiger partial charge in [-0.2, -0.15) is 0 Å². The first-order valence-electron chi connectivity index (χ1n) is 5.44. The molecule has 0 spiro atoms. The Morgan fingerprint density at radius 1 is 1.21 bits per heavy atom. The maximum Gasteiger partial charge on any atom is 0.0211 e. The number of hydrogen-bond donors (Lipinski definition) is 0. The van der Waals surface area contributed by atoms with E-state index in [0.29, 0.717) is 0 Å². The molecule has 1 rings (SSSR count). The van der Waals surface area contributed by atoms with E-state index in [1.54, 1.807) is 0 Å². The van der Waals surface area contributed by atoms with Gasteiger partial charge in [0, 0.05) is 14.6 Å². The highest BCUT2D eigenvalue weighted by Crippen LogP contribution is 2.30. The van der Waals surface area contributed by atoms with Crippen molar-refractivity contribution in [2.45, 2.75) is 51.3 Å². The molecular formula is C12H20S2. The van der Waals surface area contributed by atoms with Crippen molar-refractivity contribution in [1.29, 1.82) is 0 Å². The van der Waals surface area contributed by atoms with Crippen LogP contribution < -0.4 is 0 Å². The predicted molar refractivity (Wildman–Crippen MR) is 68.7 cm³/mol. The summed E-state index contributed by atoms with van der Waals surface area (Å²) in [7, 11) is 0. The fraction of sp³-hybridized carbons (Fsp3) is 0.667. The van der Waals surface area contributed by atoms with Gasteiger partial charge in [0.05, 0.1) is 0 Å². The van der Waals surface area contributed by atoms with Crippen molar-refractivity contribution in [2.75, 3.05) is 5.75 Å². The highest BCUT2D eigenvalue weighted by Gasteiger charge is 2.02. The minimum atomic E-state index is 1.29. The minimum absolute atomic E-state index is 1.29. The maximum atomic E-state index is 2.32. The number of aryl methyl sites for hydroxylation is 2. The van der Waals surface area contributed by atoms with Crippen LogP contribution in [0.5, 0.6) is 0 Å². The summed E-state index contributed by atoms with van der Waals surface area (Å²) in [6.45, 7) is 6.68. The Morgan fingerprint density at radius 3 is 2.57 bits per heavy atom. The Bertz CT molecular complexity index is 263. The third-order valence-corrected chi connectivity index (χ3v) is 4.57. The predicted octanol–water partition coefficient (Wildman–Crippen LogP) is 5.04. The SMILES string of the molecule is CCCCCCSc1cc(C)sc1C. The fourth-order valence-electron chi connectivity index (χ4n) is 1.46. The fourth-order valence-corrected chi connectivity index (χ4v) is 3.69. The average Bonchev–Trinajstić information content (AvgIpc) is 2.45. The molecule has 0 atom stereocenters. The Labute approximate surface area is 96.1 Å². The largest absolute Gasteiger partial charge is 0.145 e. The molecule has 0 aliphatic rings. The lowest BCUT2D eigenvalue weighted by Gasteiger charge is -1.99. The molecule has 0 fully saturated rings. The van der Waals surface area contributed by atoms with Gasteiger partial charge in [-0.05, 0) is 32.1 Å². The molecule has 0 bridgehead atoms. The third-order valence-electron chi connectivity index (χ3n) is 2.25. The molecule has 14 heavy (non-hydrogen) atoms. The Hall–Kier alpha value is 0.0500. The zero-order valence-corrected chi connectivity index (χ0v) is 11.1. The summed E-state index contributed by atoms with van der Waals surface area (Å²) in [6, 6.07) is 2.32. The van der Waals surface area contributed by atoms with Gasteiger partial charge in [-0.25, -0.2) is 0 Å². The Balaban J connectivity index is 2.21. The lowest BCUT2D eigenvalue weighted by atomic mass is 10.2. The van der Waals surface area contributed by atoms with Crippen LogP contribution >= 0.6 is 23.1 Å². The first kappa shape index (κ1) is 12.1. The number of thiophene rings is 1. The van der Waals surface area contributed by atoms with Crippen molar-refractivity contribution in [2.24, 2.45) is 0 Å². The molecule has 0 aromatic carbocycles. The van der Waals surface area contributed by atoms with Crippen LogP contribution in [0, 0.1) is 13.8 Å². The van der Waals surface area contributed by atoms with Crippen LogP contribution in [0.1, 0.15) is 42.4 Å². The number of unbranched alkanes of at least 4 members (excludes halogenated alkanes) is 3. The molecule has 1 aromatic heterocycles. The first-order valence-corrected chi connectivity index (χ1v) is 7.24. The van der Waals surface area contributed by atoms with Crippen LogP contribution in [0.4, 0.5) is 0 Å². The Kier molecular flexibility index (Phi) is 5.64. The minimum Gasteiger partial charge on any atom is -0.145 e. The van der Waals surface area contributed by atoms with Crippen LogP contribution in [-0.4, -0.2) is 5.75 Å². The molecule has 1 heterocycles. The first-order chi connectivity index (χ1) is 6.74. The zero-order chi connectivity index (χ0) is 10.4. The number of hydrogen-bond acceptors (Lipinski definition) is 2. The molecule has 0 saturated carbocycles. The van der Waals surface area contributed by atoms with Gasteiger partial charge in [-0.3, -0.25) is 0 Å². The van der Waals surface area contributed by atoms with E-state index in [1.807, 2.05) is 23.1 Å². The highest BCUT2D eigenvalue weighted by atomic mass is 32.2. The Morgan fingerprint density at radius 2 is 2.00 bits per heavy atom. The van der Waals surface area contributed by atoms with Crippen molar-refractivity contribution in [3.05, 3.63) is 15.8 Å². The zero-order valence-electron chi connectivity index (χ0n) is 9.43. The van der Waals surface area contributed by atoms with E-state index < -0.39 is 0 Å². The second-order valence-corrected chi connectivity index (χ2v) is 6.28. The van der Waals surface area contributed by atoms with Gasteiger partial charge in [0.25, 0.3) is 0 Å². The van der Waals surface area contributed by atoms with Gasteiger partial charge < -0.3 is 0 Å². The summed E-state index contributed by atoms with van der Waals surface area (Å²) in [5, 5.41) is 0. The summed E-state index contributed by atoms with van der Waals surface area (Å²) < 4.78 is 0. The van der Waals surface area contributed by atoms with Gasteiger partial charge >= 0.3 is 0 Å². The molecule has 2 heteroatoms. The molecule has 0 unspecified atom stereocenters. The molecular weight excluding hydrogens is 208 g/mol. The van der Waals surface area contributed by atoms with E-state index in [9.17, 15) is 0 Å². The quantitative estimate of drug-likeness (QED) is 0.485. The smallest absolute Gasteiger partial charge is 0.0211 e. The standard InChI is InChI=1S/C12H20S2/c1-4-5-6-7-8-13-12-9-10(2)14-11(12)3/h9H,4-8H2,1-3H3. The number of rotatable bonds is 6. The van der Waals surface area contributed by atoms with Crippen LogP contribution in [-0.2, 0) is 0 Å². The third kappa shape index (κ3) is 4.05. The van der Waals surface area contributed by atoms with Crippen molar-refractivity contribution in [1.82, 2.24) is 0 Å². The molecule has 0 nitrogen and oxygen atoms in total. The van der Waals surface area contributed by atoms with Crippen LogP contribution in [0.2, 0.25) is 0 Å². The van der Waals surface area contributed by atoms with Crippen LogP contribution in [0.15, 0.2) is 11.0 Å². The average molecular weight is 228 g/mol. The van der Waals surface area contributed by atoms with Crippen molar-refractivity contribution in [3.63, 3.8) is 0 Å². The van der Waals surface area contributed by atoms with Gasteiger partial charge in [0.15, 0.2) is 0 Å². The second kappa shape index (κ2) is 6.52. The van der Waals surface area contributed by atoms with E-state index in [0.717, 1.165) is 0 Å². The normalized spacial score (nSPS) is 10.8. The van der Waals surface area contributed by atoms with E-state index in [2.05, 4.69) is 26.8 Å². The molecule has 0 amide bonds. The van der Waals surface area contributed by atoms with E-state index in [4.69, 9.17) is 0 Å². The van der Waals surface area contributed by atoms with E-state index in [1.165, 1.54) is 46.1 Å². The van der Waals surface area contributed by atoms with Crippen LogP contribution in [0.25, 0.3) is 0 Å². The van der Waals surface area contributed by atoms with E-state index >= 15 is 0 Å². The molecule has 80 valence electrons. The lowest BCUT2D eigenvalue weighted by molar-refractivity contribution is 0.706. The highest BCUT2D eigenvalue weighted by molar-refractivity contribution is 7.99. The summed E-state index contributed by atoms with van der Waals surface area (Å²) in [6.07, 6.45) is 5.49. The summed E-state index contributed by atoms with van der Waals surface area (Å²) in [5.41, 5.74) is 0. The molecule has 1 aromatic rings. The van der Waals surface area contributed by atoms with Crippen molar-refractivity contribution in [3.8, 4) is 0 Å². The summed E-state index contributed by atoms with van der Waals surface area (Å²) in [4.78, 5) is 4.44. The molecule has 0 radical (unpaired) electrons. The van der Waals surface area contributed by atoms with Gasteiger partial charge in [-0.15, -0.1) is 23.1 Å². The van der Waals surface area contributed by atoms with Crippen molar-refractivity contribution < 1.29 is 0 Å². The topological polar surface area (TPSA) is 0 Å². The van der Waals surface area contributed by atoms with Crippen molar-refractivity contribution >= 4 is 23.1 Å². The maximum absolute atomic E-state index is 2.32.